The van der Waals surface area contributed by atoms with Gasteiger partial charge in [-0.15, -0.1) is 0 Å². The normalized spacial score (nSPS) is 14.2. The van der Waals surface area contributed by atoms with Crippen LogP contribution in [0, 0.1) is 0 Å². The first-order valence-corrected chi connectivity index (χ1v) is 7.56. The van der Waals surface area contributed by atoms with Gasteiger partial charge in [-0.1, -0.05) is 12.1 Å². The van der Waals surface area contributed by atoms with Crippen molar-refractivity contribution in [2.24, 2.45) is 0 Å². The standard InChI is InChI=1S/C12H16F3NO3S/c1-9(16-7-2-8-20(17,18)19)10-3-5-11(6-4-10)12(13,14)15/h3-6,9,16H,2,7-8H2,1H3,(H,17,18,19). The van der Waals surface area contributed by atoms with Gasteiger partial charge in [0.15, 0.2) is 0 Å². The number of halogens is 3. The average molecular weight is 311 g/mol. The van der Waals surface area contributed by atoms with Crippen molar-refractivity contribution in [2.45, 2.75) is 25.6 Å². The van der Waals surface area contributed by atoms with Crippen molar-refractivity contribution in [1.82, 2.24) is 5.32 Å². The smallest absolute Gasteiger partial charge is 0.310 e. The van der Waals surface area contributed by atoms with E-state index in [0.29, 0.717) is 12.1 Å². The molecule has 20 heavy (non-hydrogen) atoms. The van der Waals surface area contributed by atoms with Crippen LogP contribution in [0.5, 0.6) is 0 Å². The number of benzene rings is 1. The first kappa shape index (κ1) is 16.9. The molecular weight excluding hydrogens is 295 g/mol. The van der Waals surface area contributed by atoms with Crippen LogP contribution in [-0.4, -0.2) is 25.3 Å². The van der Waals surface area contributed by atoms with Crippen LogP contribution in [0.15, 0.2) is 24.3 Å². The monoisotopic (exact) mass is 311 g/mol. The number of hydrogen-bond donors (Lipinski definition) is 2. The summed E-state index contributed by atoms with van der Waals surface area (Å²) in [6.07, 6.45) is -4.13. The predicted octanol–water partition coefficient (Wildman–Crippen LogP) is 2.63. The van der Waals surface area contributed by atoms with Gasteiger partial charge in [0.05, 0.1) is 11.3 Å². The molecule has 1 rings (SSSR count). The van der Waals surface area contributed by atoms with E-state index in [9.17, 15) is 21.6 Å². The summed E-state index contributed by atoms with van der Waals surface area (Å²) in [7, 11) is -3.97. The quantitative estimate of drug-likeness (QED) is 0.626. The first-order valence-electron chi connectivity index (χ1n) is 5.95. The summed E-state index contributed by atoms with van der Waals surface area (Å²) in [4.78, 5) is 0. The molecule has 0 heterocycles. The number of hydrogen-bond acceptors (Lipinski definition) is 3. The van der Waals surface area contributed by atoms with Crippen molar-refractivity contribution >= 4 is 10.1 Å². The van der Waals surface area contributed by atoms with Crippen LogP contribution in [0.4, 0.5) is 13.2 Å². The van der Waals surface area contributed by atoms with Gasteiger partial charge >= 0.3 is 6.18 Å². The minimum absolute atomic E-state index is 0.210. The number of alkyl halides is 3. The zero-order valence-corrected chi connectivity index (χ0v) is 11.6. The minimum Gasteiger partial charge on any atom is -0.310 e. The SMILES string of the molecule is CC(NCCCS(=O)(=O)O)c1ccc(C(F)(F)F)cc1. The third kappa shape index (κ3) is 5.89. The fraction of sp³-hybridized carbons (Fsp3) is 0.500. The van der Waals surface area contributed by atoms with Gasteiger partial charge in [-0.05, 0) is 37.6 Å². The van der Waals surface area contributed by atoms with Gasteiger partial charge in [0, 0.05) is 6.04 Å². The van der Waals surface area contributed by atoms with Crippen molar-refractivity contribution in [3.05, 3.63) is 35.4 Å². The molecule has 8 heteroatoms. The maximum absolute atomic E-state index is 12.4. The van der Waals surface area contributed by atoms with E-state index in [-0.39, 0.29) is 18.2 Å². The summed E-state index contributed by atoms with van der Waals surface area (Å²) in [6, 6.07) is 4.56. The molecule has 1 aromatic carbocycles. The molecular formula is C12H16F3NO3S. The molecule has 0 bridgehead atoms. The molecule has 0 aromatic heterocycles. The second-order valence-electron chi connectivity index (χ2n) is 4.44. The third-order valence-electron chi connectivity index (χ3n) is 2.77. The van der Waals surface area contributed by atoms with E-state index < -0.39 is 21.9 Å². The lowest BCUT2D eigenvalue weighted by molar-refractivity contribution is -0.137. The lowest BCUT2D eigenvalue weighted by Crippen LogP contribution is -2.22. The Morgan fingerprint density at radius 2 is 1.80 bits per heavy atom. The fourth-order valence-corrected chi connectivity index (χ4v) is 2.16. The topological polar surface area (TPSA) is 66.4 Å². The molecule has 0 aliphatic heterocycles. The summed E-state index contributed by atoms with van der Waals surface area (Å²) < 4.78 is 66.7. The molecule has 0 amide bonds. The second-order valence-corrected chi connectivity index (χ2v) is 6.01. The maximum atomic E-state index is 12.4. The van der Waals surface area contributed by atoms with Crippen LogP contribution < -0.4 is 5.32 Å². The van der Waals surface area contributed by atoms with E-state index in [2.05, 4.69) is 5.32 Å². The molecule has 1 atom stereocenters. The summed E-state index contributed by atoms with van der Waals surface area (Å²) in [5.74, 6) is -0.347. The predicted molar refractivity (Wildman–Crippen MR) is 68.9 cm³/mol. The molecule has 0 radical (unpaired) electrons. The van der Waals surface area contributed by atoms with Crippen molar-refractivity contribution in [3.63, 3.8) is 0 Å². The highest BCUT2D eigenvalue weighted by Gasteiger charge is 2.30. The van der Waals surface area contributed by atoms with E-state index >= 15 is 0 Å². The van der Waals surface area contributed by atoms with Crippen LogP contribution in [0.1, 0.15) is 30.5 Å². The van der Waals surface area contributed by atoms with E-state index in [1.807, 2.05) is 0 Å². The summed E-state index contributed by atoms with van der Waals surface area (Å²) in [6.45, 7) is 2.10. The summed E-state index contributed by atoms with van der Waals surface area (Å²) >= 11 is 0. The Bertz CT molecular complexity index is 526. The van der Waals surface area contributed by atoms with E-state index in [1.54, 1.807) is 6.92 Å². The second kappa shape index (κ2) is 6.55. The highest BCUT2D eigenvalue weighted by molar-refractivity contribution is 7.85. The lowest BCUT2D eigenvalue weighted by Gasteiger charge is -2.15. The summed E-state index contributed by atoms with van der Waals surface area (Å²) in [5.41, 5.74) is -0.0373. The van der Waals surface area contributed by atoms with E-state index in [1.165, 1.54) is 12.1 Å². The summed E-state index contributed by atoms with van der Waals surface area (Å²) in [5, 5.41) is 2.97. The van der Waals surface area contributed by atoms with E-state index in [0.717, 1.165) is 12.1 Å². The molecule has 0 saturated carbocycles. The zero-order valence-electron chi connectivity index (χ0n) is 10.8. The van der Waals surface area contributed by atoms with Gasteiger partial charge in [0.2, 0.25) is 0 Å². The molecule has 0 saturated heterocycles. The van der Waals surface area contributed by atoms with Crippen molar-refractivity contribution in [1.29, 1.82) is 0 Å². The van der Waals surface area contributed by atoms with Crippen molar-refractivity contribution in [3.8, 4) is 0 Å². The van der Waals surface area contributed by atoms with Crippen LogP contribution in [-0.2, 0) is 16.3 Å². The highest BCUT2D eigenvalue weighted by atomic mass is 32.2. The van der Waals surface area contributed by atoms with Gasteiger partial charge in [-0.25, -0.2) is 0 Å². The van der Waals surface area contributed by atoms with Crippen LogP contribution in [0.25, 0.3) is 0 Å². The fourth-order valence-electron chi connectivity index (χ4n) is 1.65. The lowest BCUT2D eigenvalue weighted by atomic mass is 10.1. The van der Waals surface area contributed by atoms with Gasteiger partial charge < -0.3 is 5.32 Å². The number of rotatable bonds is 6. The molecule has 1 aromatic rings. The molecule has 0 aliphatic carbocycles. The molecule has 2 N–H and O–H groups in total. The van der Waals surface area contributed by atoms with Gasteiger partial charge in [0.25, 0.3) is 10.1 Å². The van der Waals surface area contributed by atoms with Gasteiger partial charge in [-0.2, -0.15) is 21.6 Å². The Morgan fingerprint density at radius 1 is 1.25 bits per heavy atom. The molecule has 0 spiro atoms. The Balaban J connectivity index is 2.50. The van der Waals surface area contributed by atoms with Crippen LogP contribution in [0.2, 0.25) is 0 Å². The molecule has 0 fully saturated rings. The van der Waals surface area contributed by atoms with Crippen LogP contribution in [0.3, 0.4) is 0 Å². The highest BCUT2D eigenvalue weighted by Crippen LogP contribution is 2.29. The van der Waals surface area contributed by atoms with Crippen molar-refractivity contribution in [2.75, 3.05) is 12.3 Å². The molecule has 1 unspecified atom stereocenters. The van der Waals surface area contributed by atoms with Gasteiger partial charge in [0.1, 0.15) is 0 Å². The largest absolute Gasteiger partial charge is 0.416 e. The van der Waals surface area contributed by atoms with Gasteiger partial charge in [-0.3, -0.25) is 4.55 Å². The molecule has 4 nitrogen and oxygen atoms in total. The zero-order chi connectivity index (χ0) is 15.4. The molecule has 114 valence electrons. The van der Waals surface area contributed by atoms with E-state index in [4.69, 9.17) is 4.55 Å². The molecule has 0 aliphatic rings. The Hall–Kier alpha value is -1.12. The average Bonchev–Trinajstić information content (AvgIpc) is 2.32. The maximum Gasteiger partial charge on any atom is 0.416 e. The third-order valence-corrected chi connectivity index (χ3v) is 3.57. The van der Waals surface area contributed by atoms with Crippen LogP contribution >= 0.6 is 0 Å². The van der Waals surface area contributed by atoms with Crippen molar-refractivity contribution < 1.29 is 26.1 Å². The Kier molecular flexibility index (Phi) is 5.55. The minimum atomic E-state index is -4.36. The number of nitrogens with one attached hydrogen (secondary N) is 1. The Morgan fingerprint density at radius 3 is 2.25 bits per heavy atom. The first-order chi connectivity index (χ1) is 9.09. The Labute approximate surface area is 115 Å².